The Balaban J connectivity index is 1.50. The molecule has 0 bridgehead atoms. The fraction of sp³-hybridized carbons (Fsp3) is 0.286. The fourth-order valence-electron chi connectivity index (χ4n) is 3.17. The van der Waals surface area contributed by atoms with Crippen molar-refractivity contribution in [2.45, 2.75) is 19.9 Å². The molecule has 1 aromatic heterocycles. The van der Waals surface area contributed by atoms with Gasteiger partial charge in [-0.2, -0.15) is 0 Å². The highest BCUT2D eigenvalue weighted by Gasteiger charge is 2.17. The number of benzene rings is 2. The van der Waals surface area contributed by atoms with E-state index in [9.17, 15) is 4.79 Å². The van der Waals surface area contributed by atoms with Crippen LogP contribution < -0.4 is 19.5 Å². The van der Waals surface area contributed by atoms with Gasteiger partial charge in [0.25, 0.3) is 5.91 Å². The predicted molar refractivity (Wildman–Crippen MR) is 103 cm³/mol. The molecule has 1 amide bonds. The van der Waals surface area contributed by atoms with E-state index in [0.29, 0.717) is 31.3 Å². The number of nitrogens with one attached hydrogen (secondary N) is 2. The molecule has 2 heterocycles. The molecule has 0 saturated carbocycles. The van der Waals surface area contributed by atoms with E-state index in [1.807, 2.05) is 56.3 Å². The van der Waals surface area contributed by atoms with E-state index in [2.05, 4.69) is 10.3 Å². The normalized spacial score (nSPS) is 14.0. The molecule has 4 rings (SSSR count). The molecular formula is C21H22N2O4. The van der Waals surface area contributed by atoms with Crippen LogP contribution in [0.1, 0.15) is 35.9 Å². The lowest BCUT2D eigenvalue weighted by atomic mass is 10.1. The quantitative estimate of drug-likeness (QED) is 0.720. The molecule has 27 heavy (non-hydrogen) atoms. The van der Waals surface area contributed by atoms with Crippen molar-refractivity contribution < 1.29 is 19.0 Å². The SMILES string of the molecule is CCOc1ccc2cc(C(=O)NC(C)c3ccc4c(c3)OCCO4)[nH]c2c1. The number of aromatic nitrogens is 1. The number of amides is 1. The highest BCUT2D eigenvalue weighted by atomic mass is 16.6. The number of carbonyl (C=O) groups is 1. The Morgan fingerprint density at radius 3 is 2.78 bits per heavy atom. The number of aromatic amines is 1. The predicted octanol–water partition coefficient (Wildman–Crippen LogP) is 3.83. The summed E-state index contributed by atoms with van der Waals surface area (Å²) in [5.74, 6) is 2.08. The number of hydrogen-bond acceptors (Lipinski definition) is 4. The first-order valence-corrected chi connectivity index (χ1v) is 9.10. The average Bonchev–Trinajstić information content (AvgIpc) is 3.11. The van der Waals surface area contributed by atoms with Gasteiger partial charge >= 0.3 is 0 Å². The van der Waals surface area contributed by atoms with Crippen molar-refractivity contribution in [3.05, 3.63) is 53.7 Å². The second-order valence-electron chi connectivity index (χ2n) is 6.46. The van der Waals surface area contributed by atoms with Crippen molar-refractivity contribution in [1.29, 1.82) is 0 Å². The summed E-state index contributed by atoms with van der Waals surface area (Å²) in [5.41, 5.74) is 2.35. The molecule has 2 N–H and O–H groups in total. The van der Waals surface area contributed by atoms with Crippen molar-refractivity contribution in [1.82, 2.24) is 10.3 Å². The molecule has 3 aromatic rings. The summed E-state index contributed by atoms with van der Waals surface area (Å²) in [4.78, 5) is 15.8. The van der Waals surface area contributed by atoms with Gasteiger partial charge in [-0.25, -0.2) is 0 Å². The minimum Gasteiger partial charge on any atom is -0.494 e. The smallest absolute Gasteiger partial charge is 0.268 e. The first-order valence-electron chi connectivity index (χ1n) is 9.10. The lowest BCUT2D eigenvalue weighted by Crippen LogP contribution is -2.27. The molecule has 140 valence electrons. The van der Waals surface area contributed by atoms with Gasteiger partial charge in [0.05, 0.1) is 12.6 Å². The Labute approximate surface area is 157 Å². The van der Waals surface area contributed by atoms with Crippen molar-refractivity contribution in [3.63, 3.8) is 0 Å². The lowest BCUT2D eigenvalue weighted by molar-refractivity contribution is 0.0935. The van der Waals surface area contributed by atoms with Crippen LogP contribution in [0.5, 0.6) is 17.2 Å². The summed E-state index contributed by atoms with van der Waals surface area (Å²) >= 11 is 0. The maximum atomic E-state index is 12.7. The molecule has 1 unspecified atom stereocenters. The maximum Gasteiger partial charge on any atom is 0.268 e. The van der Waals surface area contributed by atoms with E-state index in [0.717, 1.165) is 28.0 Å². The minimum absolute atomic E-state index is 0.161. The van der Waals surface area contributed by atoms with Crippen LogP contribution in [0.15, 0.2) is 42.5 Å². The zero-order chi connectivity index (χ0) is 18.8. The highest BCUT2D eigenvalue weighted by molar-refractivity contribution is 5.98. The van der Waals surface area contributed by atoms with E-state index in [1.54, 1.807) is 0 Å². The number of hydrogen-bond donors (Lipinski definition) is 2. The molecule has 2 aromatic carbocycles. The third-order valence-corrected chi connectivity index (χ3v) is 4.56. The van der Waals surface area contributed by atoms with Crippen molar-refractivity contribution in [2.75, 3.05) is 19.8 Å². The maximum absolute atomic E-state index is 12.7. The van der Waals surface area contributed by atoms with Gasteiger partial charge < -0.3 is 24.5 Å². The summed E-state index contributed by atoms with van der Waals surface area (Å²) in [6.07, 6.45) is 0. The summed E-state index contributed by atoms with van der Waals surface area (Å²) in [7, 11) is 0. The van der Waals surface area contributed by atoms with Crippen molar-refractivity contribution in [2.24, 2.45) is 0 Å². The largest absolute Gasteiger partial charge is 0.494 e. The zero-order valence-corrected chi connectivity index (χ0v) is 15.4. The van der Waals surface area contributed by atoms with Gasteiger partial charge in [0.2, 0.25) is 0 Å². The van der Waals surface area contributed by atoms with E-state index in [-0.39, 0.29) is 11.9 Å². The Kier molecular flexibility index (Phi) is 4.62. The number of ether oxygens (including phenoxy) is 3. The van der Waals surface area contributed by atoms with Crippen LogP contribution in [0.25, 0.3) is 10.9 Å². The van der Waals surface area contributed by atoms with Crippen LogP contribution >= 0.6 is 0 Å². The third-order valence-electron chi connectivity index (χ3n) is 4.56. The third kappa shape index (κ3) is 3.56. The second kappa shape index (κ2) is 7.23. The summed E-state index contributed by atoms with van der Waals surface area (Å²) in [6, 6.07) is 13.2. The zero-order valence-electron chi connectivity index (χ0n) is 15.4. The van der Waals surface area contributed by atoms with Gasteiger partial charge in [-0.1, -0.05) is 6.07 Å². The van der Waals surface area contributed by atoms with Gasteiger partial charge in [-0.3, -0.25) is 4.79 Å². The number of fused-ring (bicyclic) bond motifs is 2. The summed E-state index contributed by atoms with van der Waals surface area (Å²) in [5, 5.41) is 3.99. The first-order chi connectivity index (χ1) is 13.1. The molecule has 0 fully saturated rings. The van der Waals surface area contributed by atoms with Gasteiger partial charge in [0, 0.05) is 17.0 Å². The molecule has 0 spiro atoms. The molecule has 6 nitrogen and oxygen atoms in total. The molecule has 1 atom stereocenters. The molecule has 0 saturated heterocycles. The topological polar surface area (TPSA) is 72.6 Å². The summed E-state index contributed by atoms with van der Waals surface area (Å²) < 4.78 is 16.7. The van der Waals surface area contributed by atoms with Crippen LogP contribution in [-0.4, -0.2) is 30.7 Å². The molecule has 0 aliphatic carbocycles. The Morgan fingerprint density at radius 1 is 1.15 bits per heavy atom. The number of H-pyrrole nitrogens is 1. The number of rotatable bonds is 5. The second-order valence-corrected chi connectivity index (χ2v) is 6.46. The molecule has 6 heteroatoms. The van der Waals surface area contributed by atoms with Gasteiger partial charge in [0.1, 0.15) is 24.7 Å². The molecular weight excluding hydrogens is 344 g/mol. The van der Waals surface area contributed by atoms with Gasteiger partial charge in [-0.05, 0) is 49.7 Å². The Morgan fingerprint density at radius 2 is 1.96 bits per heavy atom. The van der Waals surface area contributed by atoms with Crippen LogP contribution in [-0.2, 0) is 0 Å². The average molecular weight is 366 g/mol. The van der Waals surface area contributed by atoms with Crippen LogP contribution in [0.4, 0.5) is 0 Å². The minimum atomic E-state index is -0.168. The van der Waals surface area contributed by atoms with Gasteiger partial charge in [0.15, 0.2) is 11.5 Å². The summed E-state index contributed by atoms with van der Waals surface area (Å²) in [6.45, 7) is 5.59. The van der Waals surface area contributed by atoms with Crippen molar-refractivity contribution in [3.8, 4) is 17.2 Å². The first kappa shape index (κ1) is 17.3. The lowest BCUT2D eigenvalue weighted by Gasteiger charge is -2.21. The molecule has 1 aliphatic heterocycles. The van der Waals surface area contributed by atoms with Crippen LogP contribution in [0.2, 0.25) is 0 Å². The Bertz CT molecular complexity index is 979. The van der Waals surface area contributed by atoms with Crippen LogP contribution in [0, 0.1) is 0 Å². The Hall–Kier alpha value is -3.15. The van der Waals surface area contributed by atoms with E-state index >= 15 is 0 Å². The van der Waals surface area contributed by atoms with E-state index < -0.39 is 0 Å². The standard InChI is InChI=1S/C21H22N2O4/c1-3-25-16-6-4-15-10-18(23-17(15)12-16)21(24)22-13(2)14-5-7-19-20(11-14)27-9-8-26-19/h4-7,10-13,23H,3,8-9H2,1-2H3,(H,22,24). The number of carbonyl (C=O) groups excluding carboxylic acids is 1. The van der Waals surface area contributed by atoms with E-state index in [1.165, 1.54) is 0 Å². The van der Waals surface area contributed by atoms with Crippen LogP contribution in [0.3, 0.4) is 0 Å². The monoisotopic (exact) mass is 366 g/mol. The molecule has 1 aliphatic rings. The highest BCUT2D eigenvalue weighted by Crippen LogP contribution is 2.32. The van der Waals surface area contributed by atoms with Crippen molar-refractivity contribution >= 4 is 16.8 Å². The van der Waals surface area contributed by atoms with E-state index in [4.69, 9.17) is 14.2 Å². The van der Waals surface area contributed by atoms with Gasteiger partial charge in [-0.15, -0.1) is 0 Å². The molecule has 0 radical (unpaired) electrons. The fourth-order valence-corrected chi connectivity index (χ4v) is 3.17.